The number of benzene rings is 1. The van der Waals surface area contributed by atoms with Crippen molar-refractivity contribution in [3.8, 4) is 0 Å². The Balaban J connectivity index is 3.11. The minimum absolute atomic E-state index is 0.0785. The van der Waals surface area contributed by atoms with Crippen molar-refractivity contribution in [1.82, 2.24) is 0 Å². The van der Waals surface area contributed by atoms with E-state index in [0.717, 1.165) is 0 Å². The summed E-state index contributed by atoms with van der Waals surface area (Å²) in [6, 6.07) is 2.67. The number of aliphatic hydroxyl groups excluding tert-OH is 1. The number of aryl methyl sites for hydroxylation is 1. The Morgan fingerprint density at radius 3 is 2.79 bits per heavy atom. The molecule has 2 nitrogen and oxygen atoms in total. The first-order chi connectivity index (χ1) is 6.57. The fourth-order valence-corrected chi connectivity index (χ4v) is 1.59. The molecule has 1 rings (SSSR count). The van der Waals surface area contributed by atoms with Crippen molar-refractivity contribution in [2.45, 2.75) is 19.4 Å². The van der Waals surface area contributed by atoms with Crippen molar-refractivity contribution in [2.75, 3.05) is 6.61 Å². The van der Waals surface area contributed by atoms with Crippen LogP contribution in [0.1, 0.15) is 23.6 Å². The lowest BCUT2D eigenvalue weighted by Gasteiger charge is -2.14. The highest BCUT2D eigenvalue weighted by Crippen LogP contribution is 2.28. The van der Waals surface area contributed by atoms with Gasteiger partial charge < -0.3 is 10.8 Å². The summed E-state index contributed by atoms with van der Waals surface area (Å²) in [5.41, 5.74) is 6.50. The molecule has 0 radical (unpaired) electrons. The topological polar surface area (TPSA) is 46.2 Å². The highest BCUT2D eigenvalue weighted by atomic mass is 35.5. The molecule has 1 aromatic rings. The Bertz CT molecular complexity index is 330. The molecule has 0 fully saturated rings. The van der Waals surface area contributed by atoms with Gasteiger partial charge in [0, 0.05) is 23.2 Å². The van der Waals surface area contributed by atoms with Crippen LogP contribution in [0.15, 0.2) is 12.1 Å². The molecule has 0 heterocycles. The van der Waals surface area contributed by atoms with Gasteiger partial charge in [0.1, 0.15) is 5.82 Å². The molecule has 0 aromatic heterocycles. The summed E-state index contributed by atoms with van der Waals surface area (Å²) < 4.78 is 13.6. The zero-order valence-electron chi connectivity index (χ0n) is 7.93. The third-order valence-electron chi connectivity index (χ3n) is 2.13. The molecule has 3 N–H and O–H groups in total. The van der Waals surface area contributed by atoms with Crippen LogP contribution in [0, 0.1) is 12.7 Å². The van der Waals surface area contributed by atoms with E-state index >= 15 is 0 Å². The predicted octanol–water partition coefficient (Wildman–Crippen LogP) is 2.17. The van der Waals surface area contributed by atoms with Crippen molar-refractivity contribution in [3.63, 3.8) is 0 Å². The van der Waals surface area contributed by atoms with Gasteiger partial charge in [0.15, 0.2) is 0 Å². The molecule has 0 aliphatic rings. The van der Waals surface area contributed by atoms with Crippen LogP contribution in [-0.4, -0.2) is 11.7 Å². The Morgan fingerprint density at radius 1 is 1.57 bits per heavy atom. The number of nitrogens with two attached hydrogens (primary N) is 1. The predicted molar refractivity (Wildman–Crippen MR) is 54.8 cm³/mol. The van der Waals surface area contributed by atoms with E-state index in [-0.39, 0.29) is 12.4 Å². The molecule has 0 saturated carbocycles. The van der Waals surface area contributed by atoms with Crippen LogP contribution in [0.4, 0.5) is 4.39 Å². The normalized spacial score (nSPS) is 12.9. The Morgan fingerprint density at radius 2 is 2.21 bits per heavy atom. The molecule has 4 heteroatoms. The molecule has 1 atom stereocenters. The first-order valence-corrected chi connectivity index (χ1v) is 4.76. The summed E-state index contributed by atoms with van der Waals surface area (Å²) >= 11 is 5.83. The fourth-order valence-electron chi connectivity index (χ4n) is 1.30. The van der Waals surface area contributed by atoms with Gasteiger partial charge in [-0.1, -0.05) is 17.7 Å². The Kier molecular flexibility index (Phi) is 3.86. The second-order valence-electron chi connectivity index (χ2n) is 3.21. The number of hydrogen-bond donors (Lipinski definition) is 2. The minimum Gasteiger partial charge on any atom is -0.396 e. The van der Waals surface area contributed by atoms with Crippen LogP contribution < -0.4 is 5.73 Å². The van der Waals surface area contributed by atoms with E-state index < -0.39 is 6.04 Å². The molecule has 0 aliphatic heterocycles. The summed E-state index contributed by atoms with van der Waals surface area (Å²) in [5, 5.41) is 9.02. The average molecular weight is 218 g/mol. The Hall–Kier alpha value is -0.640. The molecule has 0 unspecified atom stereocenters. The average Bonchev–Trinajstić information content (AvgIpc) is 2.13. The lowest BCUT2D eigenvalue weighted by molar-refractivity contribution is 0.275. The maximum Gasteiger partial charge on any atom is 0.132 e. The first kappa shape index (κ1) is 11.4. The van der Waals surface area contributed by atoms with Crippen molar-refractivity contribution >= 4 is 11.6 Å². The van der Waals surface area contributed by atoms with Gasteiger partial charge in [-0.15, -0.1) is 0 Å². The van der Waals surface area contributed by atoms with Crippen molar-refractivity contribution in [3.05, 3.63) is 34.1 Å². The number of rotatable bonds is 3. The van der Waals surface area contributed by atoms with Crippen LogP contribution in [0.5, 0.6) is 0 Å². The molecule has 0 bridgehead atoms. The van der Waals surface area contributed by atoms with Gasteiger partial charge in [0.05, 0.1) is 0 Å². The SMILES string of the molecule is Cc1ccc(Cl)c([C@@H](N)CCO)c1F. The van der Waals surface area contributed by atoms with E-state index in [0.29, 0.717) is 22.6 Å². The quantitative estimate of drug-likeness (QED) is 0.815. The van der Waals surface area contributed by atoms with Crippen LogP contribution >= 0.6 is 11.6 Å². The molecule has 0 spiro atoms. The molecular formula is C10H13ClFNO. The standard InChI is InChI=1S/C10H13ClFNO/c1-6-2-3-7(11)9(10(6)12)8(13)4-5-14/h2-3,8,14H,4-5,13H2,1H3/t8-/m0/s1. The second kappa shape index (κ2) is 4.73. The van der Waals surface area contributed by atoms with Crippen molar-refractivity contribution in [1.29, 1.82) is 0 Å². The zero-order chi connectivity index (χ0) is 10.7. The highest BCUT2D eigenvalue weighted by molar-refractivity contribution is 6.31. The molecule has 0 saturated heterocycles. The second-order valence-corrected chi connectivity index (χ2v) is 3.62. The largest absolute Gasteiger partial charge is 0.396 e. The van der Waals surface area contributed by atoms with E-state index in [2.05, 4.69) is 0 Å². The fraction of sp³-hybridized carbons (Fsp3) is 0.400. The van der Waals surface area contributed by atoms with Gasteiger partial charge in [-0.25, -0.2) is 4.39 Å². The van der Waals surface area contributed by atoms with E-state index in [1.165, 1.54) is 0 Å². The summed E-state index contributed by atoms with van der Waals surface area (Å²) in [6.45, 7) is 1.58. The van der Waals surface area contributed by atoms with E-state index in [9.17, 15) is 4.39 Å². The molecule has 1 aromatic carbocycles. The molecule has 78 valence electrons. The van der Waals surface area contributed by atoms with Crippen molar-refractivity contribution < 1.29 is 9.50 Å². The number of halogens is 2. The highest BCUT2D eigenvalue weighted by Gasteiger charge is 2.16. The van der Waals surface area contributed by atoms with Gasteiger partial charge in [-0.3, -0.25) is 0 Å². The van der Waals surface area contributed by atoms with Gasteiger partial charge in [0.25, 0.3) is 0 Å². The van der Waals surface area contributed by atoms with Gasteiger partial charge in [0.2, 0.25) is 0 Å². The molecule has 14 heavy (non-hydrogen) atoms. The van der Waals surface area contributed by atoms with E-state index in [1.54, 1.807) is 19.1 Å². The van der Waals surface area contributed by atoms with Gasteiger partial charge in [-0.05, 0) is 25.0 Å². The van der Waals surface area contributed by atoms with Crippen molar-refractivity contribution in [2.24, 2.45) is 5.73 Å². The molecular weight excluding hydrogens is 205 g/mol. The van der Waals surface area contributed by atoms with Crippen LogP contribution in [-0.2, 0) is 0 Å². The lowest BCUT2D eigenvalue weighted by Crippen LogP contribution is -2.15. The molecule has 0 aliphatic carbocycles. The maximum atomic E-state index is 13.6. The summed E-state index contributed by atoms with van der Waals surface area (Å²) in [5.74, 6) is -0.376. The lowest BCUT2D eigenvalue weighted by atomic mass is 10.0. The van der Waals surface area contributed by atoms with E-state index in [1.807, 2.05) is 0 Å². The zero-order valence-corrected chi connectivity index (χ0v) is 8.68. The van der Waals surface area contributed by atoms with Crippen LogP contribution in [0.3, 0.4) is 0 Å². The number of hydrogen-bond acceptors (Lipinski definition) is 2. The summed E-state index contributed by atoms with van der Waals surface area (Å²) in [7, 11) is 0. The monoisotopic (exact) mass is 217 g/mol. The van der Waals surface area contributed by atoms with Crippen LogP contribution in [0.25, 0.3) is 0 Å². The third-order valence-corrected chi connectivity index (χ3v) is 2.46. The Labute approximate surface area is 87.5 Å². The minimum atomic E-state index is -0.549. The van der Waals surface area contributed by atoms with Crippen LogP contribution in [0.2, 0.25) is 5.02 Å². The first-order valence-electron chi connectivity index (χ1n) is 4.39. The van der Waals surface area contributed by atoms with Gasteiger partial charge in [-0.2, -0.15) is 0 Å². The molecule has 0 amide bonds. The summed E-state index contributed by atoms with van der Waals surface area (Å²) in [6.07, 6.45) is 0.306. The summed E-state index contributed by atoms with van der Waals surface area (Å²) in [4.78, 5) is 0. The van der Waals surface area contributed by atoms with Gasteiger partial charge >= 0.3 is 0 Å². The number of aliphatic hydroxyl groups is 1. The smallest absolute Gasteiger partial charge is 0.132 e. The maximum absolute atomic E-state index is 13.6. The third kappa shape index (κ3) is 2.23. The van der Waals surface area contributed by atoms with E-state index in [4.69, 9.17) is 22.4 Å².